The van der Waals surface area contributed by atoms with Crippen molar-refractivity contribution in [1.82, 2.24) is 4.98 Å². The summed E-state index contributed by atoms with van der Waals surface area (Å²) in [6.07, 6.45) is -7.48. The molecule has 0 aliphatic carbocycles. The highest BCUT2D eigenvalue weighted by Crippen LogP contribution is 2.62. The Balaban J connectivity index is 1.51. The van der Waals surface area contributed by atoms with E-state index in [0.717, 1.165) is 18.8 Å². The van der Waals surface area contributed by atoms with Gasteiger partial charge in [0.1, 0.15) is 0 Å². The summed E-state index contributed by atoms with van der Waals surface area (Å²) in [6, 6.07) is 14.1. The maximum Gasteiger partial charge on any atom is 0.460 e. The Hall–Kier alpha value is -4.36. The van der Waals surface area contributed by atoms with E-state index < -0.39 is 46.1 Å². The first kappa shape index (κ1) is 37.5. The standard InChI is InChI=1S/C29H21F13N6S/c1-3-48(4-2)20-12-10-19(11-13-20)45-44-17-6-8-18(9-7-17)46-47-23-43-21-14-5-16(15-22(21)49-23)24(30,31)25(32,33)26(34,35)27(36,37)28(38,39)29(40,41)42/h5-15H,3-4H2,1-2H3. The fourth-order valence-corrected chi connectivity index (χ4v) is 5.05. The SMILES string of the molecule is CCN(CC)c1ccc(N=Nc2ccc(N=Nc3nc4ccc(C(F)(F)C(F)(F)C(F)(F)C(F)(F)C(F)(F)C(F)(F)F)cc4s3)cc2)cc1. The minimum absolute atomic E-state index is 0.0414. The molecule has 0 aliphatic rings. The van der Waals surface area contributed by atoms with E-state index >= 15 is 0 Å². The Morgan fingerprint density at radius 2 is 1.02 bits per heavy atom. The zero-order valence-corrected chi connectivity index (χ0v) is 25.6. The van der Waals surface area contributed by atoms with Gasteiger partial charge in [0.15, 0.2) is 0 Å². The number of nitrogens with zero attached hydrogens (tertiary/aromatic N) is 6. The predicted octanol–water partition coefficient (Wildman–Crippen LogP) is 12.2. The van der Waals surface area contributed by atoms with Crippen molar-refractivity contribution in [2.75, 3.05) is 18.0 Å². The molecule has 0 fully saturated rings. The highest BCUT2D eigenvalue weighted by atomic mass is 32.1. The van der Waals surface area contributed by atoms with Crippen LogP contribution in [0.5, 0.6) is 0 Å². The van der Waals surface area contributed by atoms with Crippen LogP contribution < -0.4 is 4.90 Å². The average Bonchev–Trinajstić information content (AvgIpc) is 3.46. The van der Waals surface area contributed by atoms with Crippen molar-refractivity contribution in [2.24, 2.45) is 20.5 Å². The normalized spacial score (nSPS) is 14.0. The molecule has 49 heavy (non-hydrogen) atoms. The van der Waals surface area contributed by atoms with Crippen LogP contribution in [0, 0.1) is 0 Å². The third-order valence-corrected chi connectivity index (χ3v) is 7.94. The molecule has 4 rings (SSSR count). The summed E-state index contributed by atoms with van der Waals surface area (Å²) in [5, 5.41) is 15.6. The van der Waals surface area contributed by atoms with Crippen LogP contribution in [0.15, 0.2) is 87.2 Å². The van der Waals surface area contributed by atoms with Crippen LogP contribution in [0.3, 0.4) is 0 Å². The number of anilines is 1. The molecule has 20 heteroatoms. The van der Waals surface area contributed by atoms with Crippen molar-refractivity contribution in [3.8, 4) is 0 Å². The molecule has 0 amide bonds. The Morgan fingerprint density at radius 3 is 1.49 bits per heavy atom. The van der Waals surface area contributed by atoms with E-state index in [1.807, 2.05) is 26.0 Å². The van der Waals surface area contributed by atoms with Crippen molar-refractivity contribution in [1.29, 1.82) is 0 Å². The Labute approximate surface area is 272 Å². The molecule has 0 spiro atoms. The van der Waals surface area contributed by atoms with Crippen LogP contribution >= 0.6 is 11.3 Å². The summed E-state index contributed by atoms with van der Waals surface area (Å²) < 4.78 is 176. The first-order chi connectivity index (χ1) is 22.6. The van der Waals surface area contributed by atoms with Crippen LogP contribution in [0.2, 0.25) is 0 Å². The minimum atomic E-state index is -7.98. The van der Waals surface area contributed by atoms with Crippen molar-refractivity contribution in [3.63, 3.8) is 0 Å². The van der Waals surface area contributed by atoms with Gasteiger partial charge in [-0.05, 0) is 74.5 Å². The first-order valence-electron chi connectivity index (χ1n) is 13.8. The average molecular weight is 733 g/mol. The highest BCUT2D eigenvalue weighted by Gasteiger charge is 2.90. The number of alkyl halides is 13. The molecule has 0 atom stereocenters. The lowest BCUT2D eigenvalue weighted by Crippen LogP contribution is -2.69. The van der Waals surface area contributed by atoms with Gasteiger partial charge in [0.2, 0.25) is 5.13 Å². The highest BCUT2D eigenvalue weighted by molar-refractivity contribution is 7.21. The number of aromatic nitrogens is 1. The largest absolute Gasteiger partial charge is 0.460 e. The third-order valence-electron chi connectivity index (χ3n) is 7.03. The number of halogens is 13. The van der Waals surface area contributed by atoms with Crippen molar-refractivity contribution >= 4 is 49.4 Å². The summed E-state index contributed by atoms with van der Waals surface area (Å²) in [6.45, 7) is 5.74. The second-order valence-corrected chi connectivity index (χ2v) is 11.2. The maximum atomic E-state index is 14.6. The van der Waals surface area contributed by atoms with E-state index in [-0.39, 0.29) is 28.5 Å². The molecule has 0 unspecified atom stereocenters. The second-order valence-electron chi connectivity index (χ2n) is 10.2. The summed E-state index contributed by atoms with van der Waals surface area (Å²) >= 11 is 0.402. The molecule has 0 saturated carbocycles. The molecule has 0 N–H and O–H groups in total. The summed E-state index contributed by atoms with van der Waals surface area (Å²) in [4.78, 5) is 6.02. The Morgan fingerprint density at radius 1 is 0.571 bits per heavy atom. The van der Waals surface area contributed by atoms with Gasteiger partial charge in [-0.3, -0.25) is 0 Å². The lowest BCUT2D eigenvalue weighted by Gasteiger charge is -2.39. The number of hydrogen-bond donors (Lipinski definition) is 0. The number of rotatable bonds is 12. The molecule has 0 bridgehead atoms. The predicted molar refractivity (Wildman–Crippen MR) is 154 cm³/mol. The summed E-state index contributed by atoms with van der Waals surface area (Å²) in [5.74, 6) is -37.5. The van der Waals surface area contributed by atoms with Gasteiger partial charge in [-0.1, -0.05) is 17.4 Å². The van der Waals surface area contributed by atoms with Crippen LogP contribution in [0.4, 0.5) is 85.0 Å². The zero-order valence-electron chi connectivity index (χ0n) is 24.8. The third kappa shape index (κ3) is 6.78. The number of azo groups is 2. The molecule has 3 aromatic carbocycles. The van der Waals surface area contributed by atoms with Crippen molar-refractivity contribution < 1.29 is 57.1 Å². The number of fused-ring (bicyclic) bond motifs is 1. The van der Waals surface area contributed by atoms with Gasteiger partial charge in [-0.2, -0.15) is 67.3 Å². The first-order valence-corrected chi connectivity index (χ1v) is 14.6. The molecule has 0 saturated heterocycles. The van der Waals surface area contributed by atoms with E-state index in [2.05, 4.69) is 30.3 Å². The van der Waals surface area contributed by atoms with E-state index in [0.29, 0.717) is 28.8 Å². The second kappa shape index (κ2) is 13.2. The lowest BCUT2D eigenvalue weighted by molar-refractivity contribution is -0.441. The monoisotopic (exact) mass is 732 g/mol. The molecular formula is C29H21F13N6S. The van der Waals surface area contributed by atoms with Crippen LogP contribution in [0.25, 0.3) is 10.2 Å². The maximum absolute atomic E-state index is 14.6. The van der Waals surface area contributed by atoms with Crippen molar-refractivity contribution in [2.45, 2.75) is 49.6 Å². The van der Waals surface area contributed by atoms with Gasteiger partial charge in [0.25, 0.3) is 0 Å². The molecule has 6 nitrogen and oxygen atoms in total. The van der Waals surface area contributed by atoms with Gasteiger partial charge >= 0.3 is 35.8 Å². The molecule has 1 aromatic heterocycles. The number of thiazole rings is 1. The fraction of sp³-hybridized carbons (Fsp3) is 0.345. The smallest absolute Gasteiger partial charge is 0.372 e. The molecular weight excluding hydrogens is 711 g/mol. The molecule has 1 heterocycles. The topological polar surface area (TPSA) is 65.6 Å². The van der Waals surface area contributed by atoms with Gasteiger partial charge in [0.05, 0.1) is 27.3 Å². The van der Waals surface area contributed by atoms with Gasteiger partial charge < -0.3 is 4.90 Å². The lowest BCUT2D eigenvalue weighted by atomic mass is 9.90. The molecule has 4 aromatic rings. The molecule has 0 radical (unpaired) electrons. The summed E-state index contributed by atoms with van der Waals surface area (Å²) in [7, 11) is 0. The van der Waals surface area contributed by atoms with Crippen molar-refractivity contribution in [3.05, 3.63) is 72.3 Å². The van der Waals surface area contributed by atoms with Gasteiger partial charge in [-0.15, -0.1) is 10.2 Å². The number of hydrogen-bond acceptors (Lipinski definition) is 7. The zero-order chi connectivity index (χ0) is 36.6. The van der Waals surface area contributed by atoms with E-state index in [1.54, 1.807) is 12.1 Å². The van der Waals surface area contributed by atoms with Crippen LogP contribution in [-0.4, -0.2) is 47.9 Å². The fourth-order valence-electron chi connectivity index (χ4n) is 4.22. The van der Waals surface area contributed by atoms with E-state index in [4.69, 9.17) is 0 Å². The van der Waals surface area contributed by atoms with Gasteiger partial charge in [-0.25, -0.2) is 4.98 Å². The van der Waals surface area contributed by atoms with E-state index in [9.17, 15) is 57.1 Å². The molecule has 264 valence electrons. The van der Waals surface area contributed by atoms with Crippen LogP contribution in [-0.2, 0) is 5.92 Å². The van der Waals surface area contributed by atoms with Crippen LogP contribution in [0.1, 0.15) is 19.4 Å². The van der Waals surface area contributed by atoms with E-state index in [1.165, 1.54) is 24.3 Å². The Bertz CT molecular complexity index is 1820. The quantitative estimate of drug-likeness (QED) is 0.108. The molecule has 0 aliphatic heterocycles. The minimum Gasteiger partial charge on any atom is -0.372 e. The number of benzene rings is 3. The van der Waals surface area contributed by atoms with Gasteiger partial charge in [0, 0.05) is 24.3 Å². The Kier molecular flexibility index (Phi) is 10.1. The summed E-state index contributed by atoms with van der Waals surface area (Å²) in [5.41, 5.74) is -0.0580.